The van der Waals surface area contributed by atoms with Crippen LogP contribution in [-0.2, 0) is 0 Å². The maximum atomic E-state index is 6.54. The Morgan fingerprint density at radius 2 is 0.673 bits per heavy atom. The van der Waals surface area contributed by atoms with Crippen molar-refractivity contribution in [1.29, 1.82) is 0 Å². The summed E-state index contributed by atoms with van der Waals surface area (Å²) in [5, 5.41) is 17.3. The standard InChI is InChI=1S/C54H32O/c1-2-15-34(16-3-1)50-38-18-6-10-22-42(38)53(43-23-11-7-19-39(43)50)54-44-24-12-8-20-40(44)51(41-21-9-13-25-45(41)54)35-27-30-48-47(32-35)52-46-28-26-33-14-4-5-17-36(33)37(46)29-31-49(52)55-48/h1-32H. The average Bonchev–Trinajstić information content (AvgIpc) is 3.63. The molecule has 0 saturated heterocycles. The summed E-state index contributed by atoms with van der Waals surface area (Å²) < 4.78 is 6.54. The number of rotatable bonds is 3. The molecule has 55 heavy (non-hydrogen) atoms. The van der Waals surface area contributed by atoms with Crippen molar-refractivity contribution >= 4 is 86.6 Å². The van der Waals surface area contributed by atoms with E-state index in [0.717, 1.165) is 16.6 Å². The van der Waals surface area contributed by atoms with Crippen molar-refractivity contribution in [2.45, 2.75) is 0 Å². The second-order valence-corrected chi connectivity index (χ2v) is 14.7. The van der Waals surface area contributed by atoms with Crippen LogP contribution in [-0.4, -0.2) is 0 Å². The van der Waals surface area contributed by atoms with E-state index in [1.807, 2.05) is 0 Å². The van der Waals surface area contributed by atoms with Gasteiger partial charge in [0.25, 0.3) is 0 Å². The van der Waals surface area contributed by atoms with Crippen LogP contribution >= 0.6 is 0 Å². The van der Waals surface area contributed by atoms with Gasteiger partial charge in [-0.1, -0.05) is 176 Å². The number of fused-ring (bicyclic) bond motifs is 11. The van der Waals surface area contributed by atoms with Crippen molar-refractivity contribution in [2.24, 2.45) is 0 Å². The van der Waals surface area contributed by atoms with Crippen molar-refractivity contribution in [3.05, 3.63) is 194 Å². The second-order valence-electron chi connectivity index (χ2n) is 14.7. The highest BCUT2D eigenvalue weighted by Crippen LogP contribution is 2.50. The maximum absolute atomic E-state index is 6.54. The maximum Gasteiger partial charge on any atom is 0.136 e. The summed E-state index contributed by atoms with van der Waals surface area (Å²) >= 11 is 0. The van der Waals surface area contributed by atoms with E-state index in [1.54, 1.807) is 0 Å². The van der Waals surface area contributed by atoms with Gasteiger partial charge in [-0.3, -0.25) is 0 Å². The molecule has 0 bridgehead atoms. The minimum Gasteiger partial charge on any atom is -0.456 e. The highest BCUT2D eigenvalue weighted by Gasteiger charge is 2.23. The van der Waals surface area contributed by atoms with E-state index in [0.29, 0.717) is 0 Å². The summed E-state index contributed by atoms with van der Waals surface area (Å²) in [6.45, 7) is 0. The molecule has 0 atom stereocenters. The topological polar surface area (TPSA) is 13.1 Å². The monoisotopic (exact) mass is 696 g/mol. The lowest BCUT2D eigenvalue weighted by molar-refractivity contribution is 0.669. The van der Waals surface area contributed by atoms with Gasteiger partial charge in [0.2, 0.25) is 0 Å². The number of hydrogen-bond donors (Lipinski definition) is 0. The molecule has 11 aromatic carbocycles. The molecule has 0 saturated carbocycles. The Morgan fingerprint density at radius 1 is 0.236 bits per heavy atom. The van der Waals surface area contributed by atoms with Crippen molar-refractivity contribution in [3.63, 3.8) is 0 Å². The molecule has 1 heteroatoms. The van der Waals surface area contributed by atoms with Gasteiger partial charge in [0.05, 0.1) is 0 Å². The van der Waals surface area contributed by atoms with Crippen molar-refractivity contribution < 1.29 is 4.42 Å². The zero-order valence-electron chi connectivity index (χ0n) is 29.9. The number of furan rings is 1. The van der Waals surface area contributed by atoms with Crippen LogP contribution in [0.3, 0.4) is 0 Å². The smallest absolute Gasteiger partial charge is 0.136 e. The van der Waals surface area contributed by atoms with E-state index in [9.17, 15) is 0 Å². The van der Waals surface area contributed by atoms with E-state index >= 15 is 0 Å². The third-order valence-electron chi connectivity index (χ3n) is 11.8. The van der Waals surface area contributed by atoms with Gasteiger partial charge in [0.15, 0.2) is 0 Å². The summed E-state index contributed by atoms with van der Waals surface area (Å²) in [5.41, 5.74) is 9.30. The van der Waals surface area contributed by atoms with Crippen LogP contribution in [0.5, 0.6) is 0 Å². The zero-order chi connectivity index (χ0) is 36.0. The first-order valence-electron chi connectivity index (χ1n) is 19.0. The molecule has 0 amide bonds. The van der Waals surface area contributed by atoms with E-state index in [2.05, 4.69) is 194 Å². The second kappa shape index (κ2) is 11.6. The SMILES string of the molecule is c1ccc(-c2c3ccccc3c(-c3c4ccccc4c(-c4ccc5oc6ccc7c8ccccc8ccc7c6c5c4)c4ccccc34)c3ccccc23)cc1. The molecule has 0 N–H and O–H groups in total. The Kier molecular flexibility index (Phi) is 6.40. The van der Waals surface area contributed by atoms with E-state index in [4.69, 9.17) is 4.42 Å². The molecule has 1 heterocycles. The summed E-state index contributed by atoms with van der Waals surface area (Å²) in [7, 11) is 0. The Bertz CT molecular complexity index is 3420. The third-order valence-corrected chi connectivity index (χ3v) is 11.8. The molecule has 0 fully saturated rings. The molecule has 0 aliphatic heterocycles. The minimum absolute atomic E-state index is 0.904. The summed E-state index contributed by atoms with van der Waals surface area (Å²) in [4.78, 5) is 0. The highest BCUT2D eigenvalue weighted by molar-refractivity contribution is 6.30. The van der Waals surface area contributed by atoms with E-state index < -0.39 is 0 Å². The van der Waals surface area contributed by atoms with E-state index in [1.165, 1.54) is 103 Å². The first-order chi connectivity index (χ1) is 27.3. The fourth-order valence-electron chi connectivity index (χ4n) is 9.54. The lowest BCUT2D eigenvalue weighted by Gasteiger charge is -2.22. The molecular formula is C54H32O. The van der Waals surface area contributed by atoms with Crippen LogP contribution in [0.4, 0.5) is 0 Å². The predicted octanol–water partition coefficient (Wildman–Crippen LogP) is 15.5. The Morgan fingerprint density at radius 3 is 1.24 bits per heavy atom. The van der Waals surface area contributed by atoms with Crippen LogP contribution in [0.15, 0.2) is 199 Å². The van der Waals surface area contributed by atoms with Crippen LogP contribution in [0.2, 0.25) is 0 Å². The summed E-state index contributed by atoms with van der Waals surface area (Å²) in [6.07, 6.45) is 0. The largest absolute Gasteiger partial charge is 0.456 e. The molecule has 1 nitrogen and oxygen atoms in total. The molecule has 0 aliphatic rings. The first kappa shape index (κ1) is 30.3. The van der Waals surface area contributed by atoms with Crippen LogP contribution in [0, 0.1) is 0 Å². The molecule has 254 valence electrons. The quantitative estimate of drug-likeness (QED) is 0.132. The number of benzene rings is 11. The molecule has 1 aromatic heterocycles. The van der Waals surface area contributed by atoms with Gasteiger partial charge in [-0.25, -0.2) is 0 Å². The highest BCUT2D eigenvalue weighted by atomic mass is 16.3. The van der Waals surface area contributed by atoms with Gasteiger partial charge in [0, 0.05) is 10.8 Å². The summed E-state index contributed by atoms with van der Waals surface area (Å²) in [5.74, 6) is 0. The van der Waals surface area contributed by atoms with Gasteiger partial charge < -0.3 is 4.42 Å². The molecule has 0 unspecified atom stereocenters. The van der Waals surface area contributed by atoms with Crippen LogP contribution in [0.25, 0.3) is 120 Å². The van der Waals surface area contributed by atoms with Gasteiger partial charge in [-0.15, -0.1) is 0 Å². The molecule has 0 spiro atoms. The molecule has 12 rings (SSSR count). The van der Waals surface area contributed by atoms with Gasteiger partial charge in [-0.05, 0) is 116 Å². The summed E-state index contributed by atoms with van der Waals surface area (Å²) in [6, 6.07) is 71.0. The van der Waals surface area contributed by atoms with Gasteiger partial charge >= 0.3 is 0 Å². The number of hydrogen-bond acceptors (Lipinski definition) is 1. The predicted molar refractivity (Wildman–Crippen MR) is 235 cm³/mol. The van der Waals surface area contributed by atoms with Crippen LogP contribution in [0.1, 0.15) is 0 Å². The lowest BCUT2D eigenvalue weighted by atomic mass is 9.81. The average molecular weight is 697 g/mol. The Labute approximate surface area is 317 Å². The van der Waals surface area contributed by atoms with Gasteiger partial charge in [0.1, 0.15) is 11.2 Å². The lowest BCUT2D eigenvalue weighted by Crippen LogP contribution is -1.94. The zero-order valence-corrected chi connectivity index (χ0v) is 29.9. The molecule has 12 aromatic rings. The Hall–Kier alpha value is -7.22. The van der Waals surface area contributed by atoms with E-state index in [-0.39, 0.29) is 0 Å². The van der Waals surface area contributed by atoms with Gasteiger partial charge in [-0.2, -0.15) is 0 Å². The Balaban J connectivity index is 1.19. The fraction of sp³-hybridized carbons (Fsp3) is 0. The molecular weight excluding hydrogens is 665 g/mol. The van der Waals surface area contributed by atoms with Crippen molar-refractivity contribution in [3.8, 4) is 33.4 Å². The minimum atomic E-state index is 0.904. The fourth-order valence-corrected chi connectivity index (χ4v) is 9.54. The van der Waals surface area contributed by atoms with Crippen LogP contribution < -0.4 is 0 Å². The molecule has 0 aliphatic carbocycles. The molecule has 0 radical (unpaired) electrons. The third kappa shape index (κ3) is 4.35. The first-order valence-corrected chi connectivity index (χ1v) is 19.0. The normalized spacial score (nSPS) is 12.0. The van der Waals surface area contributed by atoms with Crippen molar-refractivity contribution in [2.75, 3.05) is 0 Å². The van der Waals surface area contributed by atoms with Crippen molar-refractivity contribution in [1.82, 2.24) is 0 Å².